The molecule has 0 radical (unpaired) electrons. The zero-order valence-electron chi connectivity index (χ0n) is 52.4. The highest BCUT2D eigenvalue weighted by Gasteiger charge is 2.48. The van der Waals surface area contributed by atoms with Crippen LogP contribution in [0.25, 0.3) is 45.5 Å². The maximum atomic E-state index is 15.0. The van der Waals surface area contributed by atoms with Crippen molar-refractivity contribution in [3.63, 3.8) is 0 Å². The van der Waals surface area contributed by atoms with Crippen LogP contribution in [0.15, 0.2) is 353 Å². The molecule has 0 amide bonds. The van der Waals surface area contributed by atoms with Gasteiger partial charge in [-0.05, 0) is 235 Å². The third kappa shape index (κ3) is 10.2. The lowest BCUT2D eigenvalue weighted by Gasteiger charge is -2.35. The molecule has 2 unspecified atom stereocenters. The van der Waals surface area contributed by atoms with Gasteiger partial charge in [-0.25, -0.2) is 8.78 Å². The van der Waals surface area contributed by atoms with E-state index >= 15 is 0 Å². The fraction of sp³-hybridized carbons (Fsp3) is 0.0222. The Bertz CT molecular complexity index is 4850. The molecule has 0 heterocycles. The van der Waals surface area contributed by atoms with E-state index in [0.29, 0.717) is 0 Å². The van der Waals surface area contributed by atoms with Crippen LogP contribution in [0, 0.1) is 11.6 Å². The van der Waals surface area contributed by atoms with Gasteiger partial charge in [0.15, 0.2) is 0 Å². The van der Waals surface area contributed by atoms with Crippen molar-refractivity contribution in [3.8, 4) is 56.4 Å². The molecule has 0 saturated heterocycles. The summed E-state index contributed by atoms with van der Waals surface area (Å²) < 4.78 is 42.7. The van der Waals surface area contributed by atoms with Gasteiger partial charge >= 0.3 is 0 Å². The van der Waals surface area contributed by atoms with Crippen LogP contribution in [0.3, 0.4) is 0 Å². The summed E-state index contributed by atoms with van der Waals surface area (Å²) >= 11 is 0. The van der Waals surface area contributed by atoms with E-state index in [1.165, 1.54) is 35.4 Å². The van der Waals surface area contributed by atoms with E-state index < -0.39 is 10.8 Å². The van der Waals surface area contributed by atoms with Crippen LogP contribution in [-0.4, -0.2) is 0 Å². The minimum Gasteiger partial charge on any atom is -0.457 e. The zero-order chi connectivity index (χ0) is 64.7. The Morgan fingerprint density at radius 2 is 0.542 bits per heavy atom. The molecule has 96 heavy (non-hydrogen) atoms. The monoisotopic (exact) mass is 1240 g/mol. The van der Waals surface area contributed by atoms with Gasteiger partial charge in [-0.3, -0.25) is 0 Å². The largest absolute Gasteiger partial charge is 0.457 e. The van der Waals surface area contributed by atoms with Crippen molar-refractivity contribution in [2.75, 3.05) is 9.80 Å². The minimum absolute atomic E-state index is 0.314. The second kappa shape index (κ2) is 24.6. The van der Waals surface area contributed by atoms with Crippen molar-refractivity contribution in [2.24, 2.45) is 0 Å². The van der Waals surface area contributed by atoms with E-state index in [9.17, 15) is 8.78 Å². The molecule has 0 spiro atoms. The molecule has 6 heteroatoms. The lowest BCUT2D eigenvalue weighted by Crippen LogP contribution is -2.28. The van der Waals surface area contributed by atoms with Gasteiger partial charge in [0.05, 0.1) is 10.8 Å². The molecular weight excluding hydrogens is 1180 g/mol. The Balaban J connectivity index is 0.758. The number of rotatable bonds is 17. The number of hydrogen-bond acceptors (Lipinski definition) is 4. The van der Waals surface area contributed by atoms with E-state index in [0.717, 1.165) is 135 Å². The maximum absolute atomic E-state index is 15.0. The van der Waals surface area contributed by atoms with Crippen LogP contribution in [0.1, 0.15) is 55.6 Å². The quantitative estimate of drug-likeness (QED) is 0.0907. The second-order valence-electron chi connectivity index (χ2n) is 24.3. The van der Waals surface area contributed by atoms with Crippen LogP contribution in [-0.2, 0) is 10.8 Å². The third-order valence-electron chi connectivity index (χ3n) is 19.0. The summed E-state index contributed by atoms with van der Waals surface area (Å²) in [7, 11) is 0. The summed E-state index contributed by atoms with van der Waals surface area (Å²) in [6.07, 6.45) is 3.64. The van der Waals surface area contributed by atoms with Crippen molar-refractivity contribution < 1.29 is 18.3 Å². The number of ether oxygens (including phenoxy) is 2. The molecule has 458 valence electrons. The maximum Gasteiger partial charge on any atom is 0.127 e. The van der Waals surface area contributed by atoms with E-state index in [4.69, 9.17) is 9.47 Å². The summed E-state index contributed by atoms with van der Waals surface area (Å²) in [5.41, 5.74) is 21.6. The molecule has 0 fully saturated rings. The fourth-order valence-electron chi connectivity index (χ4n) is 14.6. The van der Waals surface area contributed by atoms with Gasteiger partial charge in [-0.15, -0.1) is 0 Å². The highest BCUT2D eigenvalue weighted by atomic mass is 19.1. The first-order chi connectivity index (χ1) is 47.3. The topological polar surface area (TPSA) is 24.9 Å². The summed E-state index contributed by atoms with van der Waals surface area (Å²) in [4.78, 5) is 4.41. The molecule has 0 N–H and O–H groups in total. The average molecular weight is 1240 g/mol. The Hall–Kier alpha value is -12.4. The fourth-order valence-corrected chi connectivity index (χ4v) is 14.6. The van der Waals surface area contributed by atoms with E-state index in [-0.39, 0.29) is 11.6 Å². The van der Waals surface area contributed by atoms with Gasteiger partial charge in [-0.1, -0.05) is 219 Å². The third-order valence-corrected chi connectivity index (χ3v) is 19.0. The number of benzene rings is 14. The molecule has 2 aliphatic carbocycles. The van der Waals surface area contributed by atoms with Crippen LogP contribution >= 0.6 is 0 Å². The van der Waals surface area contributed by atoms with E-state index in [2.05, 4.69) is 266 Å². The van der Waals surface area contributed by atoms with Crippen LogP contribution in [0.5, 0.6) is 23.0 Å². The number of nitrogens with zero attached hydrogens (tertiary/aromatic N) is 2. The molecular formula is C90H62F2N2O2. The van der Waals surface area contributed by atoms with Crippen molar-refractivity contribution in [1.82, 2.24) is 0 Å². The molecule has 14 aromatic carbocycles. The van der Waals surface area contributed by atoms with Gasteiger partial charge < -0.3 is 19.3 Å². The highest BCUT2D eigenvalue weighted by molar-refractivity contribution is 5.92. The summed E-state index contributed by atoms with van der Waals surface area (Å²) in [6.45, 7) is 7.81. The Morgan fingerprint density at radius 1 is 0.260 bits per heavy atom. The van der Waals surface area contributed by atoms with Crippen LogP contribution in [0.4, 0.5) is 42.9 Å². The normalized spacial score (nSPS) is 14.7. The Labute approximate surface area is 558 Å². The molecule has 16 rings (SSSR count). The Morgan fingerprint density at radius 3 is 0.885 bits per heavy atom. The number of anilines is 6. The minimum atomic E-state index is -0.715. The van der Waals surface area contributed by atoms with Gasteiger partial charge in [0, 0.05) is 34.1 Å². The second-order valence-corrected chi connectivity index (χ2v) is 24.3. The molecule has 0 aliphatic heterocycles. The Kier molecular flexibility index (Phi) is 15.0. The first kappa shape index (κ1) is 58.7. The highest BCUT2D eigenvalue weighted by Crippen LogP contribution is 2.60. The molecule has 2 atom stereocenters. The molecule has 0 saturated carbocycles. The summed E-state index contributed by atoms with van der Waals surface area (Å²) in [5, 5.41) is 0. The molecule has 0 bridgehead atoms. The van der Waals surface area contributed by atoms with Gasteiger partial charge in [0.1, 0.15) is 34.6 Å². The number of fused-ring (bicyclic) bond motifs is 6. The number of hydrogen-bond donors (Lipinski definition) is 0. The molecule has 14 aromatic rings. The first-order valence-electron chi connectivity index (χ1n) is 32.2. The SMILES string of the molecule is C=Cc1ccc(Oc2ccc(C3(c4ccccc4)c4ccccc4-c4ccc(N(c5ccc(F)cc5)c5ccc(-c6ccc(N(c7ccc(F)cc7)c7ccc8c(c7)C(c7ccccc7)(c7ccc(Oc9ccc(C=C)cc9)cc7)c7ccccc7-8)cc6)cc5)cc43)cc2)cc1. The zero-order valence-corrected chi connectivity index (χ0v) is 52.4. The lowest BCUT2D eigenvalue weighted by molar-refractivity contribution is 0.482. The molecule has 4 nitrogen and oxygen atoms in total. The van der Waals surface area contributed by atoms with Gasteiger partial charge in [-0.2, -0.15) is 0 Å². The van der Waals surface area contributed by atoms with Gasteiger partial charge in [0.2, 0.25) is 0 Å². The van der Waals surface area contributed by atoms with Crippen LogP contribution < -0.4 is 19.3 Å². The molecule has 0 aromatic heterocycles. The average Bonchev–Trinajstić information content (AvgIpc) is 1.53. The smallest absolute Gasteiger partial charge is 0.127 e. The van der Waals surface area contributed by atoms with Crippen molar-refractivity contribution in [1.29, 1.82) is 0 Å². The van der Waals surface area contributed by atoms with Gasteiger partial charge in [0.25, 0.3) is 0 Å². The summed E-state index contributed by atoms with van der Waals surface area (Å²) in [5.74, 6) is 2.32. The summed E-state index contributed by atoms with van der Waals surface area (Å²) in [6, 6.07) is 116. The van der Waals surface area contributed by atoms with E-state index in [1.54, 1.807) is 0 Å². The van der Waals surface area contributed by atoms with Crippen molar-refractivity contribution >= 4 is 46.3 Å². The number of halogens is 2. The lowest BCUT2D eigenvalue weighted by atomic mass is 9.67. The van der Waals surface area contributed by atoms with Crippen LogP contribution in [0.2, 0.25) is 0 Å². The predicted octanol–water partition coefficient (Wildman–Crippen LogP) is 24.2. The van der Waals surface area contributed by atoms with Crippen molar-refractivity contribution in [2.45, 2.75) is 10.8 Å². The van der Waals surface area contributed by atoms with Crippen molar-refractivity contribution in [3.05, 3.63) is 420 Å². The first-order valence-corrected chi connectivity index (χ1v) is 32.2. The standard InChI is InChI=1S/C90H62F2N2O2/c1-3-61-23-49-77(50-24-61)95-79-53-31-67(32-54-79)89(65-15-7-5-8-16-65)85-21-13-11-19-81(85)83-57-47-75(59-87(83)89)93(73-43-35-69(91)36-44-73)71-39-27-63(28-40-71)64-29-41-72(42-30-64)94(74-45-37-70(92)38-46-74)76-48-58-84-82-20-12-14-22-86(82)90(88(84)60-76,66-17-9-6-10-18-66)68-33-55-80(56-34-68)96-78-51-25-62(4-2)26-52-78/h3-60H,1-2H2. The molecule has 2 aliphatic rings. The van der Waals surface area contributed by atoms with E-state index in [1.807, 2.05) is 84.9 Å². The predicted molar refractivity (Wildman–Crippen MR) is 389 cm³/mol.